The molecule has 0 spiro atoms. The number of benzene rings is 4. The maximum absolute atomic E-state index is 10.7. The SMILES string of the molecule is O=S(=O)([O-])C(F)(F)F.c1ccc(-c2cc(-c3ccccc3)[o+]c(-c3cccc4ccccc34)c2)cc1. The van der Waals surface area contributed by atoms with Crippen molar-refractivity contribution in [3.63, 3.8) is 0 Å². The number of fused-ring (bicyclic) bond motifs is 1. The van der Waals surface area contributed by atoms with Crippen molar-refractivity contribution >= 4 is 20.9 Å². The molecule has 1 aromatic heterocycles. The van der Waals surface area contributed by atoms with Crippen molar-refractivity contribution in [3.05, 3.63) is 115 Å². The van der Waals surface area contributed by atoms with Gasteiger partial charge in [0.1, 0.15) is 0 Å². The van der Waals surface area contributed by atoms with E-state index < -0.39 is 15.6 Å². The predicted molar refractivity (Wildman–Crippen MR) is 133 cm³/mol. The molecule has 0 atom stereocenters. The van der Waals surface area contributed by atoms with Gasteiger partial charge in [-0.1, -0.05) is 84.9 Å². The summed E-state index contributed by atoms with van der Waals surface area (Å²) in [5, 5.41) is 2.40. The van der Waals surface area contributed by atoms with Crippen LogP contribution in [-0.4, -0.2) is 18.5 Å². The average Bonchev–Trinajstić information content (AvgIpc) is 2.88. The highest BCUT2D eigenvalue weighted by Gasteiger charge is 2.36. The van der Waals surface area contributed by atoms with Crippen molar-refractivity contribution < 1.29 is 30.6 Å². The molecule has 4 nitrogen and oxygen atoms in total. The highest BCUT2D eigenvalue weighted by atomic mass is 32.2. The Morgan fingerprint density at radius 2 is 1.11 bits per heavy atom. The minimum absolute atomic E-state index is 0.866. The maximum Gasteiger partial charge on any atom is 0.485 e. The molecule has 0 bridgehead atoms. The van der Waals surface area contributed by atoms with Gasteiger partial charge < -0.3 is 4.55 Å². The average molecular weight is 509 g/mol. The van der Waals surface area contributed by atoms with E-state index in [9.17, 15) is 13.2 Å². The van der Waals surface area contributed by atoms with E-state index in [0.29, 0.717) is 0 Å². The van der Waals surface area contributed by atoms with Crippen LogP contribution in [0.25, 0.3) is 44.5 Å². The number of rotatable bonds is 3. The van der Waals surface area contributed by atoms with E-state index in [2.05, 4.69) is 91.0 Å². The van der Waals surface area contributed by atoms with Crippen LogP contribution in [0.5, 0.6) is 0 Å². The highest BCUT2D eigenvalue weighted by molar-refractivity contribution is 7.86. The van der Waals surface area contributed by atoms with Crippen molar-refractivity contribution in [1.29, 1.82) is 0 Å². The summed E-state index contributed by atoms with van der Waals surface area (Å²) >= 11 is 0. The maximum atomic E-state index is 10.7. The fourth-order valence-corrected chi connectivity index (χ4v) is 3.62. The zero-order valence-corrected chi connectivity index (χ0v) is 19.5. The quantitative estimate of drug-likeness (QED) is 0.142. The Morgan fingerprint density at radius 3 is 1.72 bits per heavy atom. The van der Waals surface area contributed by atoms with Gasteiger partial charge in [0.05, 0.1) is 23.3 Å². The largest absolute Gasteiger partial charge is 0.741 e. The fraction of sp³-hybridized carbons (Fsp3) is 0.0357. The van der Waals surface area contributed by atoms with Gasteiger partial charge in [0.2, 0.25) is 0 Å². The van der Waals surface area contributed by atoms with Crippen LogP contribution >= 0.6 is 0 Å². The van der Waals surface area contributed by atoms with Crippen molar-refractivity contribution in [3.8, 4) is 33.8 Å². The molecule has 0 aliphatic rings. The topological polar surface area (TPSA) is 68.5 Å². The zero-order valence-electron chi connectivity index (χ0n) is 18.6. The molecule has 182 valence electrons. The minimum atomic E-state index is -6.09. The smallest absolute Gasteiger partial charge is 0.485 e. The van der Waals surface area contributed by atoms with E-state index >= 15 is 0 Å². The first-order valence-corrected chi connectivity index (χ1v) is 12.1. The van der Waals surface area contributed by atoms with E-state index in [1.165, 1.54) is 16.3 Å². The molecule has 0 aliphatic carbocycles. The van der Waals surface area contributed by atoms with Gasteiger partial charge in [-0.25, -0.2) is 12.8 Å². The fourth-order valence-electron chi connectivity index (χ4n) is 3.62. The van der Waals surface area contributed by atoms with E-state index in [1.54, 1.807) is 0 Å². The van der Waals surface area contributed by atoms with Crippen LogP contribution in [0, 0.1) is 0 Å². The first-order chi connectivity index (χ1) is 17.1. The molecule has 0 radical (unpaired) electrons. The number of hydrogen-bond acceptors (Lipinski definition) is 3. The van der Waals surface area contributed by atoms with Crippen LogP contribution in [0.3, 0.4) is 0 Å². The van der Waals surface area contributed by atoms with Gasteiger partial charge in [-0.15, -0.1) is 0 Å². The second-order valence-corrected chi connectivity index (χ2v) is 9.10. The summed E-state index contributed by atoms with van der Waals surface area (Å²) in [6.07, 6.45) is 0. The molecule has 0 unspecified atom stereocenters. The van der Waals surface area contributed by atoms with E-state index in [4.69, 9.17) is 17.4 Å². The molecule has 0 N–H and O–H groups in total. The van der Waals surface area contributed by atoms with Gasteiger partial charge in [-0.3, -0.25) is 0 Å². The molecule has 8 heteroatoms. The molecule has 0 saturated heterocycles. The third-order valence-corrected chi connectivity index (χ3v) is 5.86. The lowest BCUT2D eigenvalue weighted by Gasteiger charge is -2.08. The number of hydrogen-bond donors (Lipinski definition) is 0. The summed E-state index contributed by atoms with van der Waals surface area (Å²) in [6, 6.07) is 39.8. The molecule has 0 aliphatic heterocycles. The van der Waals surface area contributed by atoms with Crippen molar-refractivity contribution in [1.82, 2.24) is 0 Å². The lowest BCUT2D eigenvalue weighted by Crippen LogP contribution is -2.21. The third-order valence-electron chi connectivity index (χ3n) is 5.30. The van der Waals surface area contributed by atoms with Gasteiger partial charge in [-0.05, 0) is 34.5 Å². The Balaban J connectivity index is 0.000000331. The summed E-state index contributed by atoms with van der Waals surface area (Å²) in [5.74, 6) is 1.74. The molecular formula is C28H19F3O4S. The van der Waals surface area contributed by atoms with Crippen molar-refractivity contribution in [2.75, 3.05) is 0 Å². The zero-order chi connectivity index (χ0) is 25.8. The van der Waals surface area contributed by atoms with Crippen LogP contribution in [-0.2, 0) is 10.1 Å². The van der Waals surface area contributed by atoms with Crippen molar-refractivity contribution in [2.45, 2.75) is 5.51 Å². The molecule has 0 saturated carbocycles. The summed E-state index contributed by atoms with van der Waals surface area (Å²) in [6.45, 7) is 0. The van der Waals surface area contributed by atoms with Gasteiger partial charge in [-0.2, -0.15) is 13.2 Å². The Labute approximate surface area is 206 Å². The lowest BCUT2D eigenvalue weighted by molar-refractivity contribution is -0.0517. The molecule has 4 aromatic carbocycles. The third kappa shape index (κ3) is 5.79. The lowest BCUT2D eigenvalue weighted by atomic mass is 9.99. The molecule has 1 heterocycles. The molecule has 0 fully saturated rings. The minimum Gasteiger partial charge on any atom is -0.741 e. The normalized spacial score (nSPS) is 11.6. The second kappa shape index (κ2) is 10.3. The first-order valence-electron chi connectivity index (χ1n) is 10.7. The molecular weight excluding hydrogens is 489 g/mol. The Hall–Kier alpha value is -4.01. The second-order valence-electron chi connectivity index (χ2n) is 7.73. The number of alkyl halides is 3. The van der Waals surface area contributed by atoms with Crippen LogP contribution in [0.4, 0.5) is 13.2 Å². The summed E-state index contributed by atoms with van der Waals surface area (Å²) in [4.78, 5) is 0. The van der Waals surface area contributed by atoms with Crippen LogP contribution < -0.4 is 0 Å². The molecule has 36 heavy (non-hydrogen) atoms. The highest BCUT2D eigenvalue weighted by Crippen LogP contribution is 2.35. The monoisotopic (exact) mass is 508 g/mol. The van der Waals surface area contributed by atoms with E-state index in [1.807, 2.05) is 24.3 Å². The summed E-state index contributed by atoms with van der Waals surface area (Å²) in [7, 11) is -6.09. The van der Waals surface area contributed by atoms with Crippen LogP contribution in [0.15, 0.2) is 120 Å². The van der Waals surface area contributed by atoms with Gasteiger partial charge >= 0.3 is 17.0 Å². The predicted octanol–water partition coefficient (Wildman–Crippen LogP) is 7.77. The molecule has 5 rings (SSSR count). The van der Waals surface area contributed by atoms with E-state index in [0.717, 1.165) is 28.2 Å². The first kappa shape index (κ1) is 25.1. The summed E-state index contributed by atoms with van der Waals surface area (Å²) < 4.78 is 65.3. The Kier molecular flexibility index (Phi) is 7.19. The van der Waals surface area contributed by atoms with Crippen LogP contribution in [0.2, 0.25) is 0 Å². The van der Waals surface area contributed by atoms with Crippen LogP contribution in [0.1, 0.15) is 0 Å². The van der Waals surface area contributed by atoms with Gasteiger partial charge in [0, 0.05) is 5.56 Å². The van der Waals surface area contributed by atoms with Crippen molar-refractivity contribution in [2.24, 2.45) is 0 Å². The van der Waals surface area contributed by atoms with Gasteiger partial charge in [0.15, 0.2) is 10.1 Å². The standard InChI is InChI=1S/C27H19O.CHF3O3S/c1-3-10-20(11-4-1)23-18-26(22-13-5-2-6-14-22)28-27(19-23)25-17-9-15-21-12-7-8-16-24(21)25;2-1(3,4)8(5,6)7/h1-19H;(H,5,6,7)/q+1;/p-1. The van der Waals surface area contributed by atoms with E-state index in [-0.39, 0.29) is 0 Å². The van der Waals surface area contributed by atoms with Gasteiger partial charge in [0.25, 0.3) is 0 Å². The molecule has 0 amide bonds. The number of halogens is 3. The summed E-state index contributed by atoms with van der Waals surface area (Å²) in [5.41, 5.74) is -1.15. The Morgan fingerprint density at radius 1 is 0.611 bits per heavy atom. The Bertz CT molecular complexity index is 1520. The molecule has 5 aromatic rings.